The Balaban J connectivity index is 2.83. The standard InChI is InChI=1S/C10H12BrClN2O3/c11-9-6-8(14(16)17)7-13(10(9)15)5-3-1-2-4-12/h6-7H,1-5H2. The fourth-order valence-corrected chi connectivity index (χ4v) is 2.05. The lowest BCUT2D eigenvalue weighted by atomic mass is 10.2. The molecule has 1 rings (SSSR count). The van der Waals surface area contributed by atoms with Gasteiger partial charge in [-0.15, -0.1) is 11.6 Å². The highest BCUT2D eigenvalue weighted by Gasteiger charge is 2.11. The van der Waals surface area contributed by atoms with E-state index in [1.165, 1.54) is 16.8 Å². The van der Waals surface area contributed by atoms with Crippen molar-refractivity contribution in [1.82, 2.24) is 4.57 Å². The van der Waals surface area contributed by atoms with Crippen LogP contribution in [0.15, 0.2) is 21.5 Å². The fourth-order valence-electron chi connectivity index (χ4n) is 1.40. The Morgan fingerprint density at radius 1 is 1.41 bits per heavy atom. The maximum atomic E-state index is 11.7. The molecule has 1 aromatic rings. The second kappa shape index (κ2) is 6.76. The van der Waals surface area contributed by atoms with Gasteiger partial charge in [-0.05, 0) is 28.8 Å². The van der Waals surface area contributed by atoms with Crippen LogP contribution in [0.4, 0.5) is 5.69 Å². The molecule has 0 spiro atoms. The third-order valence-electron chi connectivity index (χ3n) is 2.27. The smallest absolute Gasteiger partial charge is 0.286 e. The first-order valence-corrected chi connectivity index (χ1v) is 6.49. The zero-order chi connectivity index (χ0) is 12.8. The Morgan fingerprint density at radius 3 is 2.71 bits per heavy atom. The van der Waals surface area contributed by atoms with Crippen molar-refractivity contribution in [3.63, 3.8) is 0 Å². The van der Waals surface area contributed by atoms with Crippen LogP contribution < -0.4 is 5.56 Å². The highest BCUT2D eigenvalue weighted by molar-refractivity contribution is 9.10. The number of aryl methyl sites for hydroxylation is 1. The Kier molecular flexibility index (Phi) is 5.64. The molecule has 0 atom stereocenters. The zero-order valence-corrected chi connectivity index (χ0v) is 11.4. The van der Waals surface area contributed by atoms with Crippen molar-refractivity contribution in [1.29, 1.82) is 0 Å². The summed E-state index contributed by atoms with van der Waals surface area (Å²) in [6.45, 7) is 0.468. The van der Waals surface area contributed by atoms with E-state index in [0.29, 0.717) is 12.4 Å². The maximum absolute atomic E-state index is 11.7. The lowest BCUT2D eigenvalue weighted by molar-refractivity contribution is -0.385. The van der Waals surface area contributed by atoms with Crippen LogP contribution in [-0.2, 0) is 6.54 Å². The van der Waals surface area contributed by atoms with Gasteiger partial charge >= 0.3 is 0 Å². The molecule has 0 saturated heterocycles. The molecule has 0 bridgehead atoms. The summed E-state index contributed by atoms with van der Waals surface area (Å²) in [6.07, 6.45) is 3.83. The van der Waals surface area contributed by atoms with Gasteiger partial charge in [0, 0.05) is 18.5 Å². The monoisotopic (exact) mass is 322 g/mol. The molecule has 1 heterocycles. The largest absolute Gasteiger partial charge is 0.308 e. The van der Waals surface area contributed by atoms with Gasteiger partial charge in [0.2, 0.25) is 0 Å². The molecule has 0 radical (unpaired) electrons. The minimum absolute atomic E-state index is 0.0891. The number of unbranched alkanes of at least 4 members (excludes halogenated alkanes) is 2. The Labute approximate surface area is 112 Å². The highest BCUT2D eigenvalue weighted by atomic mass is 79.9. The van der Waals surface area contributed by atoms with E-state index in [1.807, 2.05) is 0 Å². The summed E-state index contributed by atoms with van der Waals surface area (Å²) < 4.78 is 1.57. The molecule has 0 unspecified atom stereocenters. The van der Waals surface area contributed by atoms with E-state index in [1.54, 1.807) is 0 Å². The SMILES string of the molecule is O=c1c(Br)cc([N+](=O)[O-])cn1CCCCCCl. The molecule has 94 valence electrons. The van der Waals surface area contributed by atoms with E-state index in [4.69, 9.17) is 11.6 Å². The van der Waals surface area contributed by atoms with Gasteiger partial charge in [0.1, 0.15) is 0 Å². The fraction of sp³-hybridized carbons (Fsp3) is 0.500. The molecule has 0 saturated carbocycles. The van der Waals surface area contributed by atoms with E-state index >= 15 is 0 Å². The van der Waals surface area contributed by atoms with Crippen LogP contribution in [0, 0.1) is 10.1 Å². The third-order valence-corrected chi connectivity index (χ3v) is 3.11. The summed E-state index contributed by atoms with van der Waals surface area (Å²) in [5.41, 5.74) is -0.338. The normalized spacial score (nSPS) is 10.5. The van der Waals surface area contributed by atoms with E-state index < -0.39 is 4.92 Å². The number of alkyl halides is 1. The number of nitrogens with zero attached hydrogens (tertiary/aromatic N) is 2. The molecular weight excluding hydrogens is 311 g/mol. The highest BCUT2D eigenvalue weighted by Crippen LogP contribution is 2.14. The topological polar surface area (TPSA) is 65.1 Å². The van der Waals surface area contributed by atoms with Crippen LogP contribution in [0.5, 0.6) is 0 Å². The van der Waals surface area contributed by atoms with Crippen LogP contribution in [0.1, 0.15) is 19.3 Å². The zero-order valence-electron chi connectivity index (χ0n) is 9.07. The molecule has 0 fully saturated rings. The van der Waals surface area contributed by atoms with Gasteiger partial charge in [-0.1, -0.05) is 6.42 Å². The summed E-state index contributed by atoms with van der Waals surface area (Å²) in [5.74, 6) is 0.591. The van der Waals surface area contributed by atoms with Crippen molar-refractivity contribution in [2.45, 2.75) is 25.8 Å². The molecular formula is C10H12BrClN2O3. The lowest BCUT2D eigenvalue weighted by Crippen LogP contribution is -2.20. The van der Waals surface area contributed by atoms with Gasteiger partial charge < -0.3 is 4.57 Å². The molecule has 0 aliphatic carbocycles. The number of nitro groups is 1. The summed E-state index contributed by atoms with van der Waals surface area (Å²) >= 11 is 8.57. The summed E-state index contributed by atoms with van der Waals surface area (Å²) in [6, 6.07) is 1.22. The van der Waals surface area contributed by atoms with Gasteiger partial charge in [-0.3, -0.25) is 14.9 Å². The summed E-state index contributed by atoms with van der Waals surface area (Å²) in [5, 5.41) is 10.6. The maximum Gasteiger partial charge on any atom is 0.286 e. The van der Waals surface area contributed by atoms with Crippen LogP contribution in [0.2, 0.25) is 0 Å². The number of rotatable bonds is 6. The van der Waals surface area contributed by atoms with Crippen molar-refractivity contribution in [2.24, 2.45) is 0 Å². The lowest BCUT2D eigenvalue weighted by Gasteiger charge is -2.05. The number of hydrogen-bond donors (Lipinski definition) is 0. The molecule has 7 heteroatoms. The van der Waals surface area contributed by atoms with E-state index in [0.717, 1.165) is 19.3 Å². The molecule has 0 amide bonds. The predicted molar refractivity (Wildman–Crippen MR) is 69.6 cm³/mol. The first-order valence-electron chi connectivity index (χ1n) is 5.16. The van der Waals surface area contributed by atoms with Crippen molar-refractivity contribution in [2.75, 3.05) is 5.88 Å². The van der Waals surface area contributed by atoms with Crippen LogP contribution in [-0.4, -0.2) is 15.4 Å². The van der Waals surface area contributed by atoms with E-state index in [2.05, 4.69) is 15.9 Å². The van der Waals surface area contributed by atoms with Gasteiger partial charge in [-0.25, -0.2) is 0 Å². The number of aromatic nitrogens is 1. The van der Waals surface area contributed by atoms with Crippen LogP contribution in [0.25, 0.3) is 0 Å². The second-order valence-corrected chi connectivity index (χ2v) is 4.78. The Hall–Kier alpha value is -0.880. The van der Waals surface area contributed by atoms with Gasteiger partial charge in [0.05, 0.1) is 15.6 Å². The van der Waals surface area contributed by atoms with Crippen molar-refractivity contribution in [3.05, 3.63) is 37.2 Å². The molecule has 17 heavy (non-hydrogen) atoms. The average molecular weight is 324 g/mol. The minimum Gasteiger partial charge on any atom is -0.308 e. The van der Waals surface area contributed by atoms with Crippen molar-refractivity contribution in [3.8, 4) is 0 Å². The van der Waals surface area contributed by atoms with Crippen molar-refractivity contribution >= 4 is 33.2 Å². The molecule has 0 aliphatic rings. The number of hydrogen-bond acceptors (Lipinski definition) is 3. The summed E-state index contributed by atoms with van der Waals surface area (Å²) in [4.78, 5) is 21.8. The van der Waals surface area contributed by atoms with Crippen LogP contribution in [0.3, 0.4) is 0 Å². The quantitative estimate of drug-likeness (QED) is 0.350. The second-order valence-electron chi connectivity index (χ2n) is 3.55. The Bertz CT molecular complexity index is 461. The third kappa shape index (κ3) is 4.12. The first kappa shape index (κ1) is 14.2. The molecule has 5 nitrogen and oxygen atoms in total. The molecule has 1 aromatic heterocycles. The summed E-state index contributed by atoms with van der Waals surface area (Å²) in [7, 11) is 0. The molecule has 0 aromatic carbocycles. The Morgan fingerprint density at radius 2 is 2.12 bits per heavy atom. The van der Waals surface area contributed by atoms with Gasteiger partial charge in [0.25, 0.3) is 11.2 Å². The number of halogens is 2. The first-order chi connectivity index (χ1) is 8.06. The minimum atomic E-state index is -0.514. The molecule has 0 N–H and O–H groups in total. The average Bonchev–Trinajstić information content (AvgIpc) is 2.29. The van der Waals surface area contributed by atoms with Crippen molar-refractivity contribution < 1.29 is 4.92 Å². The predicted octanol–water partition coefficient (Wildman–Crippen LogP) is 2.93. The number of pyridine rings is 1. The van der Waals surface area contributed by atoms with Crippen LogP contribution >= 0.6 is 27.5 Å². The van der Waals surface area contributed by atoms with E-state index in [9.17, 15) is 14.9 Å². The molecule has 0 aliphatic heterocycles. The van der Waals surface area contributed by atoms with Gasteiger partial charge in [0.15, 0.2) is 0 Å². The van der Waals surface area contributed by atoms with E-state index in [-0.39, 0.29) is 15.7 Å². The van der Waals surface area contributed by atoms with Gasteiger partial charge in [-0.2, -0.15) is 0 Å².